The summed E-state index contributed by atoms with van der Waals surface area (Å²) in [5.74, 6) is -6.85. The second-order valence-corrected chi connectivity index (χ2v) is 3.53. The van der Waals surface area contributed by atoms with E-state index in [1.807, 2.05) is 0 Å². The van der Waals surface area contributed by atoms with Gasteiger partial charge in [-0.1, -0.05) is 0 Å². The molecule has 0 rings (SSSR count). The number of hydrogen-bond acceptors (Lipinski definition) is 2. The van der Waals surface area contributed by atoms with Crippen molar-refractivity contribution in [2.24, 2.45) is 0 Å². The van der Waals surface area contributed by atoms with Crippen molar-refractivity contribution in [1.82, 2.24) is 0 Å². The first-order valence-electron chi connectivity index (χ1n) is 2.54. The van der Waals surface area contributed by atoms with Gasteiger partial charge in [-0.15, -0.1) is 0 Å². The van der Waals surface area contributed by atoms with E-state index in [0.29, 0.717) is 0 Å². The van der Waals surface area contributed by atoms with Crippen LogP contribution in [0.4, 0.5) is 30.7 Å². The van der Waals surface area contributed by atoms with E-state index in [2.05, 4.69) is 0 Å². The fourth-order valence-electron chi connectivity index (χ4n) is 0.327. The molecule has 0 aromatic heterocycles. The Hall–Kier alpha value is 0.160. The molecule has 0 amide bonds. The Bertz CT molecular complexity index is 319. The molecule has 0 saturated carbocycles. The number of alkyl halides is 7. The first kappa shape index (κ1) is 17.6. The average Bonchev–Trinajstić information content (AvgIpc) is 1.81. The minimum Gasteiger partial charge on any atom is -0.281 e. The third kappa shape index (κ3) is 2.84. The van der Waals surface area contributed by atoms with Crippen molar-refractivity contribution in [1.29, 1.82) is 0 Å². The summed E-state index contributed by atoms with van der Waals surface area (Å²) in [6, 6.07) is 0. The normalized spacial score (nSPS) is 14.7. The van der Waals surface area contributed by atoms with E-state index in [1.165, 1.54) is 0 Å². The van der Waals surface area contributed by atoms with E-state index in [-0.39, 0.29) is 22.4 Å². The molecule has 0 unspecified atom stereocenters. The SMILES string of the molecule is O=S(=O)(O)C(F)(F)C(F)(F)C(F)(F)F.[Ag]. The van der Waals surface area contributed by atoms with Crippen molar-refractivity contribution in [2.45, 2.75) is 17.4 Å². The van der Waals surface area contributed by atoms with E-state index >= 15 is 0 Å². The van der Waals surface area contributed by atoms with Gasteiger partial charge in [0.2, 0.25) is 0 Å². The predicted molar refractivity (Wildman–Crippen MR) is 27.5 cm³/mol. The molecular formula is C3HAgF7O3S. The van der Waals surface area contributed by atoms with Gasteiger partial charge in [-0.2, -0.15) is 39.2 Å². The molecule has 1 radical (unpaired) electrons. The summed E-state index contributed by atoms with van der Waals surface area (Å²) < 4.78 is 108. The molecule has 0 aliphatic heterocycles. The molecular weight excluding hydrogens is 357 g/mol. The van der Waals surface area contributed by atoms with Gasteiger partial charge in [0.1, 0.15) is 0 Å². The van der Waals surface area contributed by atoms with Gasteiger partial charge >= 0.3 is 27.5 Å². The number of halogens is 7. The Morgan fingerprint density at radius 3 is 1.20 bits per heavy atom. The van der Waals surface area contributed by atoms with Crippen LogP contribution in [0.15, 0.2) is 0 Å². The van der Waals surface area contributed by atoms with E-state index in [4.69, 9.17) is 4.55 Å². The number of rotatable bonds is 2. The molecule has 0 bridgehead atoms. The molecule has 0 spiro atoms. The van der Waals surface area contributed by atoms with Crippen LogP contribution in [-0.2, 0) is 32.5 Å². The number of hydrogen-bond donors (Lipinski definition) is 1. The van der Waals surface area contributed by atoms with Crippen LogP contribution in [0.2, 0.25) is 0 Å². The summed E-state index contributed by atoms with van der Waals surface area (Å²) >= 11 is 0. The molecule has 0 aliphatic carbocycles. The third-order valence-electron chi connectivity index (χ3n) is 1.05. The zero-order valence-corrected chi connectivity index (χ0v) is 8.42. The van der Waals surface area contributed by atoms with Crippen LogP contribution in [-0.4, -0.2) is 30.3 Å². The Morgan fingerprint density at radius 1 is 0.867 bits per heavy atom. The van der Waals surface area contributed by atoms with E-state index in [9.17, 15) is 39.2 Å². The average molecular weight is 358 g/mol. The van der Waals surface area contributed by atoms with E-state index < -0.39 is 27.5 Å². The molecule has 0 heterocycles. The second-order valence-electron chi connectivity index (χ2n) is 2.06. The minimum absolute atomic E-state index is 0. The standard InChI is InChI=1S/C3HF7O3S.Ag/c4-1(5,2(6,7)8)3(9,10)14(11,12)13;/h(H,11,12,13);. The van der Waals surface area contributed by atoms with Gasteiger partial charge in [-0.05, 0) is 0 Å². The van der Waals surface area contributed by atoms with Crippen LogP contribution < -0.4 is 0 Å². The molecule has 15 heavy (non-hydrogen) atoms. The molecule has 12 heteroatoms. The van der Waals surface area contributed by atoms with Gasteiger partial charge in [-0.3, -0.25) is 4.55 Å². The molecule has 1 N–H and O–H groups in total. The van der Waals surface area contributed by atoms with E-state index in [1.54, 1.807) is 0 Å². The van der Waals surface area contributed by atoms with Crippen molar-refractivity contribution in [3.8, 4) is 0 Å². The van der Waals surface area contributed by atoms with Crippen LogP contribution in [0.3, 0.4) is 0 Å². The third-order valence-corrected chi connectivity index (χ3v) is 1.95. The van der Waals surface area contributed by atoms with Crippen molar-refractivity contribution in [2.75, 3.05) is 0 Å². The molecule has 3 nitrogen and oxygen atoms in total. The Kier molecular flexibility index (Phi) is 4.92. The van der Waals surface area contributed by atoms with Gasteiger partial charge in [0.15, 0.2) is 0 Å². The maximum Gasteiger partial charge on any atom is 0.461 e. The van der Waals surface area contributed by atoms with Gasteiger partial charge in [0.25, 0.3) is 0 Å². The summed E-state index contributed by atoms with van der Waals surface area (Å²) in [7, 11) is -6.85. The summed E-state index contributed by atoms with van der Waals surface area (Å²) in [6.07, 6.45) is -6.79. The van der Waals surface area contributed by atoms with Crippen LogP contribution in [0.1, 0.15) is 0 Å². The van der Waals surface area contributed by atoms with Crippen molar-refractivity contribution in [3.05, 3.63) is 0 Å². The Balaban J connectivity index is 0. The molecule has 0 aliphatic rings. The topological polar surface area (TPSA) is 54.4 Å². The zero-order valence-electron chi connectivity index (χ0n) is 6.12. The van der Waals surface area contributed by atoms with Crippen LogP contribution in [0.5, 0.6) is 0 Å². The molecule has 97 valence electrons. The summed E-state index contributed by atoms with van der Waals surface area (Å²) in [5, 5.41) is -6.61. The zero-order chi connectivity index (χ0) is 12.0. The van der Waals surface area contributed by atoms with Crippen molar-refractivity contribution in [3.63, 3.8) is 0 Å². The van der Waals surface area contributed by atoms with Crippen molar-refractivity contribution < 1.29 is 66.1 Å². The molecule has 0 fully saturated rings. The van der Waals surface area contributed by atoms with Gasteiger partial charge < -0.3 is 0 Å². The predicted octanol–water partition coefficient (Wildman–Crippen LogP) is 1.66. The molecule has 0 atom stereocenters. The smallest absolute Gasteiger partial charge is 0.281 e. The maximum atomic E-state index is 11.9. The van der Waals surface area contributed by atoms with E-state index in [0.717, 1.165) is 0 Å². The summed E-state index contributed by atoms with van der Waals surface area (Å²) in [6.45, 7) is 0. The second kappa shape index (κ2) is 4.20. The Morgan fingerprint density at radius 2 is 1.13 bits per heavy atom. The first-order chi connectivity index (χ1) is 5.75. The maximum absolute atomic E-state index is 11.9. The monoisotopic (exact) mass is 357 g/mol. The summed E-state index contributed by atoms with van der Waals surface area (Å²) in [5.41, 5.74) is 0. The van der Waals surface area contributed by atoms with Gasteiger partial charge in [0, 0.05) is 22.4 Å². The van der Waals surface area contributed by atoms with Crippen LogP contribution in [0, 0.1) is 0 Å². The quantitative estimate of drug-likeness (QED) is 0.464. The Labute approximate surface area is 93.9 Å². The fourth-order valence-corrected chi connectivity index (χ4v) is 0.767. The molecule has 0 aromatic carbocycles. The van der Waals surface area contributed by atoms with Crippen LogP contribution in [0.25, 0.3) is 0 Å². The minimum atomic E-state index is -6.85. The first-order valence-corrected chi connectivity index (χ1v) is 3.98. The fraction of sp³-hybridized carbons (Fsp3) is 1.00. The van der Waals surface area contributed by atoms with Gasteiger partial charge in [-0.25, -0.2) is 0 Å². The molecule has 0 saturated heterocycles. The van der Waals surface area contributed by atoms with Gasteiger partial charge in [0.05, 0.1) is 0 Å². The van der Waals surface area contributed by atoms with Crippen LogP contribution >= 0.6 is 0 Å². The largest absolute Gasteiger partial charge is 0.461 e. The summed E-state index contributed by atoms with van der Waals surface area (Å²) in [4.78, 5) is 0. The molecule has 0 aromatic rings. The van der Waals surface area contributed by atoms with Crippen molar-refractivity contribution >= 4 is 10.1 Å².